The molecule has 4 N–H and O–H groups in total. The Kier molecular flexibility index (Phi) is 3.82. The maximum Gasteiger partial charge on any atom is 0.469 e. The molecule has 0 spiro atoms. The quantitative estimate of drug-likeness (QED) is 0.539. The molecule has 0 aromatic carbocycles. The second-order valence-corrected chi connectivity index (χ2v) is 9.50. The first-order valence-electron chi connectivity index (χ1n) is 8.94. The van der Waals surface area contributed by atoms with Gasteiger partial charge in [0.2, 0.25) is 0 Å². The third-order valence-corrected chi connectivity index (χ3v) is 7.45. The molecule has 2 unspecified atom stereocenters. The highest BCUT2D eigenvalue weighted by molar-refractivity contribution is 6.43. The van der Waals surface area contributed by atoms with Gasteiger partial charge >= 0.3 is 7.12 Å². The Morgan fingerprint density at radius 2 is 1.91 bits per heavy atom. The van der Waals surface area contributed by atoms with Crippen molar-refractivity contribution in [2.75, 3.05) is 13.1 Å². The van der Waals surface area contributed by atoms with E-state index in [0.29, 0.717) is 0 Å². The second kappa shape index (κ2) is 5.35. The summed E-state index contributed by atoms with van der Waals surface area (Å²) in [4.78, 5) is 2.21. The third-order valence-electron chi connectivity index (χ3n) is 7.01. The van der Waals surface area contributed by atoms with Crippen molar-refractivity contribution < 1.29 is 10.0 Å². The summed E-state index contributed by atoms with van der Waals surface area (Å²) in [6.45, 7) is 1.72. The van der Waals surface area contributed by atoms with Crippen molar-refractivity contribution in [2.24, 2.45) is 23.0 Å². The monoisotopic (exact) mass is 326 g/mol. The van der Waals surface area contributed by atoms with Gasteiger partial charge in [0, 0.05) is 23.4 Å². The molecule has 4 nitrogen and oxygen atoms in total. The van der Waals surface area contributed by atoms with Gasteiger partial charge in [-0.3, -0.25) is 0 Å². The fourth-order valence-electron chi connectivity index (χ4n) is 6.52. The normalized spacial score (nSPS) is 48.8. The van der Waals surface area contributed by atoms with Crippen molar-refractivity contribution in [1.82, 2.24) is 4.90 Å². The Hall–Kier alpha value is 0.195. The summed E-state index contributed by atoms with van der Waals surface area (Å²) in [6.07, 6.45) is 9.15. The average molecular weight is 327 g/mol. The standard InChI is InChI=1S/C16H28BClN2O2/c18-16-7-11-4-12(8-16)6-15(5-11,10-16)13(19)9-20-3-1-2-14(20)17(21)22/h11-14,21-22H,1-10,19H2/t11?,12?,13-,14+,15?,16?/m1/s1. The fraction of sp³-hybridized carbons (Fsp3) is 1.00. The van der Waals surface area contributed by atoms with Gasteiger partial charge in [-0.1, -0.05) is 0 Å². The van der Waals surface area contributed by atoms with Gasteiger partial charge in [-0.05, 0) is 75.2 Å². The minimum Gasteiger partial charge on any atom is -0.426 e. The second-order valence-electron chi connectivity index (χ2n) is 8.70. The zero-order valence-electron chi connectivity index (χ0n) is 13.3. The van der Waals surface area contributed by atoms with Crippen molar-refractivity contribution in [3.8, 4) is 0 Å². The van der Waals surface area contributed by atoms with Crippen LogP contribution >= 0.6 is 11.6 Å². The van der Waals surface area contributed by atoms with Gasteiger partial charge in [0.05, 0.1) is 0 Å². The Balaban J connectivity index is 1.49. The number of alkyl halides is 1. The average Bonchev–Trinajstić information content (AvgIpc) is 2.84. The molecule has 4 aliphatic carbocycles. The lowest BCUT2D eigenvalue weighted by Crippen LogP contribution is -2.62. The van der Waals surface area contributed by atoms with E-state index in [1.165, 1.54) is 32.1 Å². The molecule has 124 valence electrons. The SMILES string of the molecule is N[C@H](CN1CCC[C@H]1B(O)O)C12CC3CC(CC(Cl)(C3)C1)C2. The van der Waals surface area contributed by atoms with E-state index in [-0.39, 0.29) is 22.3 Å². The van der Waals surface area contributed by atoms with E-state index in [1.807, 2.05) is 0 Å². The lowest BCUT2D eigenvalue weighted by atomic mass is 9.47. The van der Waals surface area contributed by atoms with Crippen LogP contribution in [0.4, 0.5) is 0 Å². The molecule has 1 heterocycles. The van der Waals surface area contributed by atoms with Crippen molar-refractivity contribution in [2.45, 2.75) is 68.2 Å². The molecule has 1 aliphatic heterocycles. The molecule has 5 fully saturated rings. The predicted molar refractivity (Wildman–Crippen MR) is 88.5 cm³/mol. The molecule has 6 heteroatoms. The molecule has 5 aliphatic rings. The highest BCUT2D eigenvalue weighted by atomic mass is 35.5. The Bertz CT molecular complexity index is 436. The van der Waals surface area contributed by atoms with Crippen molar-refractivity contribution in [3.63, 3.8) is 0 Å². The maximum atomic E-state index is 9.56. The number of hydrogen-bond acceptors (Lipinski definition) is 4. The molecule has 0 aromatic heterocycles. The summed E-state index contributed by atoms with van der Waals surface area (Å²) in [7, 11) is -1.24. The summed E-state index contributed by atoms with van der Waals surface area (Å²) >= 11 is 6.91. The van der Waals surface area contributed by atoms with Crippen LogP contribution in [0, 0.1) is 17.3 Å². The number of nitrogens with zero attached hydrogens (tertiary/aromatic N) is 1. The van der Waals surface area contributed by atoms with Gasteiger partial charge in [-0.25, -0.2) is 0 Å². The lowest BCUT2D eigenvalue weighted by molar-refractivity contribution is -0.0601. The molecule has 4 bridgehead atoms. The van der Waals surface area contributed by atoms with E-state index in [2.05, 4.69) is 4.90 Å². The van der Waals surface area contributed by atoms with Crippen molar-refractivity contribution in [1.29, 1.82) is 0 Å². The maximum absolute atomic E-state index is 9.56. The van der Waals surface area contributed by atoms with Crippen molar-refractivity contribution in [3.05, 3.63) is 0 Å². The number of hydrogen-bond donors (Lipinski definition) is 3. The van der Waals surface area contributed by atoms with Crippen LogP contribution in [0.25, 0.3) is 0 Å². The van der Waals surface area contributed by atoms with Crippen molar-refractivity contribution >= 4 is 18.7 Å². The number of likely N-dealkylation sites (tertiary alicyclic amines) is 1. The van der Waals surface area contributed by atoms with Crippen LogP contribution in [-0.4, -0.2) is 52.0 Å². The molecular formula is C16H28BClN2O2. The van der Waals surface area contributed by atoms with Crippen LogP contribution in [-0.2, 0) is 0 Å². The van der Waals surface area contributed by atoms with Crippen LogP contribution in [0.3, 0.4) is 0 Å². The number of nitrogens with two attached hydrogens (primary N) is 1. The summed E-state index contributed by atoms with van der Waals surface area (Å²) in [5.74, 6) is 1.40. The lowest BCUT2D eigenvalue weighted by Gasteiger charge is -2.62. The predicted octanol–water partition coefficient (Wildman–Crippen LogP) is 1.37. The summed E-state index contributed by atoms with van der Waals surface area (Å²) in [5.41, 5.74) is 6.90. The highest BCUT2D eigenvalue weighted by Gasteiger charge is 2.59. The first-order chi connectivity index (χ1) is 10.4. The Morgan fingerprint density at radius 1 is 1.23 bits per heavy atom. The van der Waals surface area contributed by atoms with E-state index in [4.69, 9.17) is 17.3 Å². The van der Waals surface area contributed by atoms with E-state index in [9.17, 15) is 10.0 Å². The van der Waals surface area contributed by atoms with Gasteiger partial charge in [-0.2, -0.15) is 0 Å². The molecule has 0 amide bonds. The number of halogens is 1. The van der Waals surface area contributed by atoms with Gasteiger partial charge in [-0.15, -0.1) is 11.6 Å². The molecule has 5 rings (SSSR count). The Morgan fingerprint density at radius 3 is 2.50 bits per heavy atom. The molecule has 1 saturated heterocycles. The Labute approximate surface area is 138 Å². The number of rotatable bonds is 4. The summed E-state index contributed by atoms with van der Waals surface area (Å²) in [5, 5.41) is 19.1. The molecular weight excluding hydrogens is 298 g/mol. The van der Waals surface area contributed by atoms with E-state index >= 15 is 0 Å². The van der Waals surface area contributed by atoms with Crippen LogP contribution in [0.1, 0.15) is 51.4 Å². The van der Waals surface area contributed by atoms with Gasteiger partial charge in [0.25, 0.3) is 0 Å². The summed E-state index contributed by atoms with van der Waals surface area (Å²) in [6, 6.07) is 0.107. The van der Waals surface area contributed by atoms with Gasteiger partial charge in [0.1, 0.15) is 0 Å². The first-order valence-corrected chi connectivity index (χ1v) is 9.32. The van der Waals surface area contributed by atoms with E-state index in [1.54, 1.807) is 0 Å². The minimum atomic E-state index is -1.24. The highest BCUT2D eigenvalue weighted by Crippen LogP contribution is 2.64. The zero-order chi connectivity index (χ0) is 15.5. The third kappa shape index (κ3) is 2.53. The summed E-state index contributed by atoms with van der Waals surface area (Å²) < 4.78 is 0. The minimum absolute atomic E-state index is 0.00259. The fourth-order valence-corrected chi connectivity index (χ4v) is 7.22. The van der Waals surface area contributed by atoms with Gasteiger partial charge in [0.15, 0.2) is 0 Å². The first kappa shape index (κ1) is 15.7. The largest absolute Gasteiger partial charge is 0.469 e. The molecule has 22 heavy (non-hydrogen) atoms. The van der Waals surface area contributed by atoms with Gasteiger partial charge < -0.3 is 20.7 Å². The topological polar surface area (TPSA) is 69.7 Å². The molecule has 0 aromatic rings. The molecule has 4 saturated carbocycles. The zero-order valence-corrected chi connectivity index (χ0v) is 14.0. The van der Waals surface area contributed by atoms with Crippen LogP contribution in [0.15, 0.2) is 0 Å². The molecule has 0 radical (unpaired) electrons. The van der Waals surface area contributed by atoms with Crippen LogP contribution in [0.2, 0.25) is 0 Å². The smallest absolute Gasteiger partial charge is 0.426 e. The van der Waals surface area contributed by atoms with Crippen LogP contribution in [0.5, 0.6) is 0 Å². The van der Waals surface area contributed by atoms with Crippen LogP contribution < -0.4 is 5.73 Å². The van der Waals surface area contributed by atoms with E-state index < -0.39 is 7.12 Å². The van der Waals surface area contributed by atoms with E-state index in [0.717, 1.165) is 44.2 Å². The molecule has 4 atom stereocenters.